The van der Waals surface area contributed by atoms with Crippen LogP contribution in [0.15, 0.2) is 34.7 Å². The molecule has 1 amide bonds. The van der Waals surface area contributed by atoms with E-state index in [4.69, 9.17) is 27.6 Å². The van der Waals surface area contributed by atoms with Crippen molar-refractivity contribution in [1.29, 1.82) is 0 Å². The molecule has 0 bridgehead atoms. The van der Waals surface area contributed by atoms with Crippen molar-refractivity contribution in [3.05, 3.63) is 51.9 Å². The monoisotopic (exact) mass is 312 g/mol. The zero-order valence-corrected chi connectivity index (χ0v) is 12.6. The number of halogens is 2. The van der Waals surface area contributed by atoms with Gasteiger partial charge in [-0.25, -0.2) is 0 Å². The highest BCUT2D eigenvalue weighted by atomic mass is 35.5. The lowest BCUT2D eigenvalue weighted by Gasteiger charge is -2.15. The van der Waals surface area contributed by atoms with E-state index in [1.54, 1.807) is 44.4 Å². The third kappa shape index (κ3) is 3.46. The summed E-state index contributed by atoms with van der Waals surface area (Å²) in [5.41, 5.74) is 1.21. The van der Waals surface area contributed by atoms with Gasteiger partial charge in [0.1, 0.15) is 5.76 Å². The van der Waals surface area contributed by atoms with Crippen LogP contribution in [0.2, 0.25) is 10.2 Å². The Hall–Kier alpha value is -1.65. The number of benzene rings is 1. The molecule has 2 aromatic rings. The van der Waals surface area contributed by atoms with Gasteiger partial charge in [0.15, 0.2) is 5.22 Å². The van der Waals surface area contributed by atoms with E-state index < -0.39 is 0 Å². The van der Waals surface area contributed by atoms with E-state index in [1.165, 1.54) is 4.90 Å². The Kier molecular flexibility index (Phi) is 4.57. The topological polar surface area (TPSA) is 45.5 Å². The van der Waals surface area contributed by atoms with Gasteiger partial charge in [-0.3, -0.25) is 4.79 Å². The Morgan fingerprint density at radius 2 is 2.00 bits per heavy atom. The first-order valence-electron chi connectivity index (χ1n) is 5.96. The van der Waals surface area contributed by atoms with E-state index >= 15 is 0 Å². The predicted molar refractivity (Wildman–Crippen MR) is 80.5 cm³/mol. The number of rotatable bonds is 4. The SMILES string of the molecule is CN(C)C(=O)c1ccc(Cl)cc1NCc1ccc(Cl)o1. The summed E-state index contributed by atoms with van der Waals surface area (Å²) in [5.74, 6) is 0.583. The average Bonchev–Trinajstić information content (AvgIpc) is 2.81. The standard InChI is InChI=1S/C14H14Cl2N2O2/c1-18(2)14(19)11-5-3-9(15)7-12(11)17-8-10-4-6-13(16)20-10/h3-7,17H,8H2,1-2H3. The van der Waals surface area contributed by atoms with E-state index in [2.05, 4.69) is 5.32 Å². The molecule has 6 heteroatoms. The van der Waals surface area contributed by atoms with Gasteiger partial charge >= 0.3 is 0 Å². The summed E-state index contributed by atoms with van der Waals surface area (Å²) < 4.78 is 5.26. The highest BCUT2D eigenvalue weighted by molar-refractivity contribution is 6.31. The van der Waals surface area contributed by atoms with Gasteiger partial charge in [0, 0.05) is 24.8 Å². The number of carbonyl (C=O) groups excluding carboxylic acids is 1. The van der Waals surface area contributed by atoms with Crippen molar-refractivity contribution in [2.24, 2.45) is 0 Å². The van der Waals surface area contributed by atoms with Gasteiger partial charge in [-0.1, -0.05) is 11.6 Å². The molecule has 2 rings (SSSR count). The second-order valence-electron chi connectivity index (χ2n) is 4.45. The smallest absolute Gasteiger partial charge is 0.255 e. The molecule has 0 unspecified atom stereocenters. The quantitative estimate of drug-likeness (QED) is 0.931. The molecule has 0 spiro atoms. The second kappa shape index (κ2) is 6.20. The van der Waals surface area contributed by atoms with Gasteiger partial charge in [-0.05, 0) is 41.9 Å². The van der Waals surface area contributed by atoms with Crippen molar-refractivity contribution in [2.45, 2.75) is 6.54 Å². The maximum absolute atomic E-state index is 12.1. The van der Waals surface area contributed by atoms with Crippen LogP contribution in [0.1, 0.15) is 16.1 Å². The molecule has 0 saturated carbocycles. The van der Waals surface area contributed by atoms with Crippen LogP contribution in [0.25, 0.3) is 0 Å². The molecule has 4 nitrogen and oxygen atoms in total. The fourth-order valence-electron chi connectivity index (χ4n) is 1.72. The van der Waals surface area contributed by atoms with Crippen LogP contribution in [0, 0.1) is 0 Å². The maximum atomic E-state index is 12.1. The van der Waals surface area contributed by atoms with Crippen molar-refractivity contribution in [3.8, 4) is 0 Å². The Morgan fingerprint density at radius 3 is 2.60 bits per heavy atom. The lowest BCUT2D eigenvalue weighted by Crippen LogP contribution is -2.22. The number of carbonyl (C=O) groups is 1. The van der Waals surface area contributed by atoms with Crippen LogP contribution < -0.4 is 5.32 Å². The van der Waals surface area contributed by atoms with Crippen molar-refractivity contribution >= 4 is 34.8 Å². The molecule has 0 aliphatic carbocycles. The fourth-order valence-corrected chi connectivity index (χ4v) is 2.05. The highest BCUT2D eigenvalue weighted by Crippen LogP contribution is 2.23. The summed E-state index contributed by atoms with van der Waals surface area (Å²) in [7, 11) is 3.40. The third-order valence-corrected chi connectivity index (χ3v) is 3.14. The first kappa shape index (κ1) is 14.8. The molecule has 0 fully saturated rings. The summed E-state index contributed by atoms with van der Waals surface area (Å²) in [6.07, 6.45) is 0. The zero-order chi connectivity index (χ0) is 14.7. The molecule has 1 aromatic carbocycles. The molecule has 20 heavy (non-hydrogen) atoms. The summed E-state index contributed by atoms with van der Waals surface area (Å²) in [6, 6.07) is 8.54. The Bertz CT molecular complexity index is 623. The minimum Gasteiger partial charge on any atom is -0.448 e. The molecule has 0 atom stereocenters. The van der Waals surface area contributed by atoms with Gasteiger partial charge in [0.05, 0.1) is 12.1 Å². The zero-order valence-electron chi connectivity index (χ0n) is 11.1. The van der Waals surface area contributed by atoms with Crippen LogP contribution in [0.3, 0.4) is 0 Å². The van der Waals surface area contributed by atoms with Crippen LogP contribution >= 0.6 is 23.2 Å². The van der Waals surface area contributed by atoms with Crippen molar-refractivity contribution in [2.75, 3.05) is 19.4 Å². The molecule has 1 aromatic heterocycles. The first-order chi connectivity index (χ1) is 9.47. The molecular weight excluding hydrogens is 299 g/mol. The number of amides is 1. The number of nitrogens with one attached hydrogen (secondary N) is 1. The van der Waals surface area contributed by atoms with E-state index in [-0.39, 0.29) is 5.91 Å². The highest BCUT2D eigenvalue weighted by Gasteiger charge is 2.14. The average molecular weight is 313 g/mol. The number of anilines is 1. The van der Waals surface area contributed by atoms with Gasteiger partial charge < -0.3 is 14.6 Å². The summed E-state index contributed by atoms with van der Waals surface area (Å²) in [6.45, 7) is 0.417. The fraction of sp³-hybridized carbons (Fsp3) is 0.214. The van der Waals surface area contributed by atoms with Crippen LogP contribution in [0.5, 0.6) is 0 Å². The number of nitrogens with zero attached hydrogens (tertiary/aromatic N) is 1. The van der Waals surface area contributed by atoms with Gasteiger partial charge in [0.2, 0.25) is 0 Å². The predicted octanol–water partition coefficient (Wildman–Crippen LogP) is 3.90. The van der Waals surface area contributed by atoms with Crippen molar-refractivity contribution < 1.29 is 9.21 Å². The van der Waals surface area contributed by atoms with E-state index in [1.807, 2.05) is 0 Å². The molecule has 1 N–H and O–H groups in total. The lowest BCUT2D eigenvalue weighted by molar-refractivity contribution is 0.0828. The Labute approximate surface area is 127 Å². The van der Waals surface area contributed by atoms with E-state index in [0.717, 1.165) is 0 Å². The Balaban J connectivity index is 2.21. The number of hydrogen-bond donors (Lipinski definition) is 1. The van der Waals surface area contributed by atoms with Crippen LogP contribution in [0.4, 0.5) is 5.69 Å². The minimum atomic E-state index is -0.0957. The number of furan rings is 1. The third-order valence-electron chi connectivity index (χ3n) is 2.70. The summed E-state index contributed by atoms with van der Waals surface area (Å²) >= 11 is 11.7. The van der Waals surface area contributed by atoms with E-state index in [0.29, 0.717) is 33.8 Å². The Morgan fingerprint density at radius 1 is 1.25 bits per heavy atom. The molecule has 1 heterocycles. The first-order valence-corrected chi connectivity index (χ1v) is 6.72. The number of hydrogen-bond acceptors (Lipinski definition) is 3. The van der Waals surface area contributed by atoms with E-state index in [9.17, 15) is 4.79 Å². The largest absolute Gasteiger partial charge is 0.448 e. The summed E-state index contributed by atoms with van der Waals surface area (Å²) in [4.78, 5) is 13.6. The van der Waals surface area contributed by atoms with Crippen LogP contribution in [-0.4, -0.2) is 24.9 Å². The molecule has 0 radical (unpaired) electrons. The minimum absolute atomic E-state index is 0.0957. The summed E-state index contributed by atoms with van der Waals surface area (Å²) in [5, 5.41) is 4.02. The van der Waals surface area contributed by atoms with Crippen molar-refractivity contribution in [1.82, 2.24) is 4.90 Å². The lowest BCUT2D eigenvalue weighted by atomic mass is 10.1. The van der Waals surface area contributed by atoms with Crippen LogP contribution in [-0.2, 0) is 6.54 Å². The molecule has 0 saturated heterocycles. The van der Waals surface area contributed by atoms with Gasteiger partial charge in [0.25, 0.3) is 5.91 Å². The molecular formula is C14H14Cl2N2O2. The molecule has 106 valence electrons. The molecule has 0 aliphatic heterocycles. The maximum Gasteiger partial charge on any atom is 0.255 e. The second-order valence-corrected chi connectivity index (χ2v) is 5.26. The van der Waals surface area contributed by atoms with Gasteiger partial charge in [-0.15, -0.1) is 0 Å². The van der Waals surface area contributed by atoms with Crippen molar-refractivity contribution in [3.63, 3.8) is 0 Å². The normalized spacial score (nSPS) is 10.4. The van der Waals surface area contributed by atoms with Gasteiger partial charge in [-0.2, -0.15) is 0 Å². The molecule has 0 aliphatic rings.